The Morgan fingerprint density at radius 1 is 1.32 bits per heavy atom. The summed E-state index contributed by atoms with van der Waals surface area (Å²) in [5, 5.41) is 5.53. The topological polar surface area (TPSA) is 131 Å². The van der Waals surface area contributed by atoms with Crippen molar-refractivity contribution in [2.24, 2.45) is 34.3 Å². The summed E-state index contributed by atoms with van der Waals surface area (Å²) in [6, 6.07) is -2.37. The molecule has 1 unspecified atom stereocenters. The van der Waals surface area contributed by atoms with Crippen molar-refractivity contribution in [2.75, 3.05) is 20.2 Å². The summed E-state index contributed by atoms with van der Waals surface area (Å²) >= 11 is 0. The van der Waals surface area contributed by atoms with E-state index in [1.807, 2.05) is 20.8 Å². The number of amides is 3. The summed E-state index contributed by atoms with van der Waals surface area (Å²) in [6.07, 6.45) is 0.776. The summed E-state index contributed by atoms with van der Waals surface area (Å²) in [6.45, 7) is 10.9. The summed E-state index contributed by atoms with van der Waals surface area (Å²) in [7, 11) is 1.25. The highest BCUT2D eigenvalue weighted by Gasteiger charge is 2.69. The number of nitrogens with two attached hydrogens (primary N) is 1. The molecule has 9 nitrogen and oxygen atoms in total. The van der Waals surface area contributed by atoms with E-state index >= 15 is 0 Å². The van der Waals surface area contributed by atoms with Crippen LogP contribution in [0.1, 0.15) is 47.5 Å². The number of likely N-dealkylation sites (tertiary alicyclic amines) is 1. The minimum Gasteiger partial charge on any atom is -0.467 e. The van der Waals surface area contributed by atoms with Gasteiger partial charge in [0.1, 0.15) is 12.1 Å². The second-order valence-corrected chi connectivity index (χ2v) is 10.8. The van der Waals surface area contributed by atoms with Gasteiger partial charge in [0.2, 0.25) is 17.7 Å². The van der Waals surface area contributed by atoms with Gasteiger partial charge in [-0.15, -0.1) is 0 Å². The van der Waals surface area contributed by atoms with E-state index in [0.29, 0.717) is 19.5 Å². The van der Waals surface area contributed by atoms with Gasteiger partial charge in [-0.3, -0.25) is 14.4 Å². The molecule has 9 heteroatoms. The van der Waals surface area contributed by atoms with E-state index in [-0.39, 0.29) is 47.3 Å². The Bertz CT molecular complexity index is 774. The van der Waals surface area contributed by atoms with Crippen molar-refractivity contribution >= 4 is 23.7 Å². The molecular formula is C22H36N4O5. The van der Waals surface area contributed by atoms with Gasteiger partial charge in [0, 0.05) is 19.0 Å². The molecule has 3 aliphatic rings. The highest BCUT2D eigenvalue weighted by atomic mass is 16.5. The summed E-state index contributed by atoms with van der Waals surface area (Å²) in [5.74, 6) is -1.48. The van der Waals surface area contributed by atoms with Crippen LogP contribution in [0.15, 0.2) is 0 Å². The number of carbonyl (C=O) groups is 4. The number of nitrogens with zero attached hydrogens (tertiary/aromatic N) is 1. The van der Waals surface area contributed by atoms with Crippen LogP contribution in [0.4, 0.5) is 0 Å². The Morgan fingerprint density at radius 3 is 2.48 bits per heavy atom. The number of methoxy groups -OCH3 is 1. The second kappa shape index (κ2) is 8.07. The molecule has 2 heterocycles. The lowest BCUT2D eigenvalue weighted by atomic mass is 9.86. The number of fused-ring (bicyclic) bond motifs is 1. The smallest absolute Gasteiger partial charge is 0.328 e. The number of rotatable bonds is 6. The largest absolute Gasteiger partial charge is 0.467 e. The zero-order valence-electron chi connectivity index (χ0n) is 19.4. The third-order valence-corrected chi connectivity index (χ3v) is 7.44. The zero-order valence-corrected chi connectivity index (χ0v) is 19.4. The van der Waals surface area contributed by atoms with E-state index in [4.69, 9.17) is 10.5 Å². The maximum Gasteiger partial charge on any atom is 0.328 e. The quantitative estimate of drug-likeness (QED) is 0.504. The van der Waals surface area contributed by atoms with Crippen LogP contribution in [-0.4, -0.2) is 66.9 Å². The summed E-state index contributed by atoms with van der Waals surface area (Å²) in [5.41, 5.74) is 5.72. The highest BCUT2D eigenvalue weighted by Crippen LogP contribution is 2.65. The van der Waals surface area contributed by atoms with Gasteiger partial charge in [-0.1, -0.05) is 34.6 Å². The molecule has 3 rings (SSSR count). The number of esters is 1. The lowest BCUT2D eigenvalue weighted by Gasteiger charge is -2.36. The van der Waals surface area contributed by atoms with E-state index in [0.717, 1.165) is 0 Å². The zero-order chi connectivity index (χ0) is 23.3. The molecule has 0 spiro atoms. The van der Waals surface area contributed by atoms with Crippen LogP contribution in [0, 0.1) is 28.6 Å². The maximum atomic E-state index is 13.4. The van der Waals surface area contributed by atoms with E-state index in [1.54, 1.807) is 4.90 Å². The molecule has 1 saturated carbocycles. The van der Waals surface area contributed by atoms with Crippen molar-refractivity contribution in [2.45, 2.75) is 65.6 Å². The third kappa shape index (κ3) is 4.29. The summed E-state index contributed by atoms with van der Waals surface area (Å²) < 4.78 is 4.87. The minimum absolute atomic E-state index is 0.0108. The van der Waals surface area contributed by atoms with Crippen molar-refractivity contribution in [3.05, 3.63) is 0 Å². The average Bonchev–Trinajstić information content (AvgIpc) is 3.05. The van der Waals surface area contributed by atoms with Gasteiger partial charge in [-0.05, 0) is 35.5 Å². The van der Waals surface area contributed by atoms with Crippen LogP contribution in [-0.2, 0) is 23.9 Å². The van der Waals surface area contributed by atoms with Gasteiger partial charge in [0.15, 0.2) is 0 Å². The minimum atomic E-state index is -0.944. The molecule has 174 valence electrons. The van der Waals surface area contributed by atoms with Gasteiger partial charge in [-0.2, -0.15) is 0 Å². The fraction of sp³-hybridized carbons (Fsp3) is 0.818. The summed E-state index contributed by atoms with van der Waals surface area (Å²) in [4.78, 5) is 52.5. The molecule has 1 aliphatic carbocycles. The standard InChI is InChI=1S/C22H36N4O5/c1-21(2,3)16(23)19(29)26-10-12-14(22(12,4)5)15(26)18(28)25-13(20(30)31-6)9-11-7-8-24-17(11)27/h11-16H,7-10,23H2,1-6H3,(H,24,27)(H,25,28)/t11-,12-,13-,14-,15-,16?/m0/s1. The van der Waals surface area contributed by atoms with Crippen molar-refractivity contribution in [1.29, 1.82) is 0 Å². The van der Waals surface area contributed by atoms with E-state index in [2.05, 4.69) is 24.5 Å². The number of carbonyl (C=O) groups excluding carboxylic acids is 4. The van der Waals surface area contributed by atoms with Gasteiger partial charge in [0.25, 0.3) is 0 Å². The Kier molecular flexibility index (Phi) is 6.12. The van der Waals surface area contributed by atoms with Gasteiger partial charge < -0.3 is 26.0 Å². The molecular weight excluding hydrogens is 400 g/mol. The molecule has 31 heavy (non-hydrogen) atoms. The van der Waals surface area contributed by atoms with Crippen LogP contribution in [0.5, 0.6) is 0 Å². The Balaban J connectivity index is 1.79. The Morgan fingerprint density at radius 2 is 1.97 bits per heavy atom. The molecule has 3 amide bonds. The molecule has 3 fully saturated rings. The van der Waals surface area contributed by atoms with Crippen LogP contribution in [0.3, 0.4) is 0 Å². The number of ether oxygens (including phenoxy) is 1. The molecule has 2 saturated heterocycles. The predicted octanol–water partition coefficient (Wildman–Crippen LogP) is 0.0268. The second-order valence-electron chi connectivity index (χ2n) is 10.8. The predicted molar refractivity (Wildman–Crippen MR) is 113 cm³/mol. The molecule has 4 N–H and O–H groups in total. The van der Waals surface area contributed by atoms with E-state index in [9.17, 15) is 19.2 Å². The fourth-order valence-electron chi connectivity index (χ4n) is 5.13. The molecule has 0 aromatic heterocycles. The van der Waals surface area contributed by atoms with Crippen molar-refractivity contribution in [3.8, 4) is 0 Å². The molecule has 0 aromatic carbocycles. The normalized spacial score (nSPS) is 30.8. The average molecular weight is 437 g/mol. The van der Waals surface area contributed by atoms with Crippen LogP contribution in [0.25, 0.3) is 0 Å². The highest BCUT2D eigenvalue weighted by molar-refractivity contribution is 5.94. The lowest BCUT2D eigenvalue weighted by molar-refractivity contribution is -0.148. The van der Waals surface area contributed by atoms with Crippen LogP contribution < -0.4 is 16.4 Å². The third-order valence-electron chi connectivity index (χ3n) is 7.44. The first-order chi connectivity index (χ1) is 14.3. The molecule has 0 aromatic rings. The molecule has 0 bridgehead atoms. The molecule has 2 aliphatic heterocycles. The van der Waals surface area contributed by atoms with Crippen molar-refractivity contribution in [1.82, 2.24) is 15.5 Å². The number of hydrogen-bond acceptors (Lipinski definition) is 6. The SMILES string of the molecule is COC(=O)[C@H](C[C@@H]1CCNC1=O)NC(=O)[C@@H]1[C@@H]2[C@H](CN1C(=O)C(N)C(C)(C)C)C2(C)C. The first-order valence-corrected chi connectivity index (χ1v) is 11.0. The van der Waals surface area contributed by atoms with E-state index < -0.39 is 29.5 Å². The van der Waals surface area contributed by atoms with Crippen LogP contribution in [0.2, 0.25) is 0 Å². The maximum absolute atomic E-state index is 13.4. The Hall–Kier alpha value is -2.16. The monoisotopic (exact) mass is 436 g/mol. The van der Waals surface area contributed by atoms with Crippen molar-refractivity contribution in [3.63, 3.8) is 0 Å². The van der Waals surface area contributed by atoms with Gasteiger partial charge in [0.05, 0.1) is 13.2 Å². The fourth-order valence-corrected chi connectivity index (χ4v) is 5.13. The number of nitrogens with one attached hydrogen (secondary N) is 2. The lowest BCUT2D eigenvalue weighted by Crippen LogP contribution is -2.58. The van der Waals surface area contributed by atoms with E-state index in [1.165, 1.54) is 7.11 Å². The number of hydrogen-bond donors (Lipinski definition) is 3. The number of piperidine rings is 1. The molecule has 6 atom stereocenters. The van der Waals surface area contributed by atoms with Gasteiger partial charge >= 0.3 is 5.97 Å². The van der Waals surface area contributed by atoms with Gasteiger partial charge in [-0.25, -0.2) is 4.79 Å². The van der Waals surface area contributed by atoms with Crippen molar-refractivity contribution < 1.29 is 23.9 Å². The Labute approximate surface area is 183 Å². The first-order valence-electron chi connectivity index (χ1n) is 11.0. The molecule has 0 radical (unpaired) electrons. The van der Waals surface area contributed by atoms with Crippen LogP contribution >= 0.6 is 0 Å². The first kappa shape index (κ1) is 23.5.